The van der Waals surface area contributed by atoms with Gasteiger partial charge in [0.05, 0.1) is 5.69 Å². The smallest absolute Gasteiger partial charge is 0.275 e. The van der Waals surface area contributed by atoms with Gasteiger partial charge in [0.25, 0.3) is 5.91 Å². The molecule has 0 unspecified atom stereocenters. The maximum atomic E-state index is 12.8. The number of rotatable bonds is 4. The molecule has 0 saturated carbocycles. The van der Waals surface area contributed by atoms with Gasteiger partial charge in [-0.3, -0.25) is 9.59 Å². The van der Waals surface area contributed by atoms with Gasteiger partial charge in [-0.15, -0.1) is 0 Å². The summed E-state index contributed by atoms with van der Waals surface area (Å²) in [6, 6.07) is 8.49. The van der Waals surface area contributed by atoms with Gasteiger partial charge in [-0.05, 0) is 30.7 Å². The molecular formula is C17H19ClN4O2. The molecule has 0 spiro atoms. The van der Waals surface area contributed by atoms with Crippen molar-refractivity contribution in [3.05, 3.63) is 47.2 Å². The van der Waals surface area contributed by atoms with Gasteiger partial charge in [-0.25, -0.2) is 4.68 Å². The third-order valence-electron chi connectivity index (χ3n) is 4.03. The topological polar surface area (TPSA) is 67.2 Å². The zero-order valence-electron chi connectivity index (χ0n) is 13.4. The summed E-state index contributed by atoms with van der Waals surface area (Å²) >= 11 is 6.00. The number of hydrogen-bond acceptors (Lipinski definition) is 3. The van der Waals surface area contributed by atoms with E-state index in [1.54, 1.807) is 34.0 Å². The highest BCUT2D eigenvalue weighted by Crippen LogP contribution is 2.17. The second-order valence-corrected chi connectivity index (χ2v) is 6.16. The molecule has 24 heavy (non-hydrogen) atoms. The molecule has 7 heteroatoms. The first-order valence-electron chi connectivity index (χ1n) is 8.00. The predicted octanol–water partition coefficient (Wildman–Crippen LogP) is 2.27. The number of piperazine rings is 1. The van der Waals surface area contributed by atoms with Crippen LogP contribution in [0.1, 0.15) is 30.3 Å². The fraction of sp³-hybridized carbons (Fsp3) is 0.353. The lowest BCUT2D eigenvalue weighted by Gasteiger charge is -2.34. The molecule has 0 radical (unpaired) electrons. The van der Waals surface area contributed by atoms with Crippen LogP contribution < -0.4 is 5.32 Å². The number of nitrogens with one attached hydrogen (secondary N) is 1. The summed E-state index contributed by atoms with van der Waals surface area (Å²) in [7, 11) is 0. The Morgan fingerprint density at radius 3 is 3.00 bits per heavy atom. The first-order chi connectivity index (χ1) is 11.6. The van der Waals surface area contributed by atoms with Crippen LogP contribution in [-0.4, -0.2) is 45.6 Å². The molecular weight excluding hydrogens is 328 g/mol. The van der Waals surface area contributed by atoms with Crippen molar-refractivity contribution >= 4 is 23.4 Å². The van der Waals surface area contributed by atoms with Crippen molar-refractivity contribution in [2.45, 2.75) is 25.8 Å². The maximum Gasteiger partial charge on any atom is 0.275 e. The molecule has 0 bridgehead atoms. The summed E-state index contributed by atoms with van der Waals surface area (Å²) in [6.07, 6.45) is 3.20. The van der Waals surface area contributed by atoms with Crippen molar-refractivity contribution in [1.82, 2.24) is 20.0 Å². The Morgan fingerprint density at radius 2 is 2.25 bits per heavy atom. The van der Waals surface area contributed by atoms with Crippen molar-refractivity contribution in [2.75, 3.05) is 13.1 Å². The average molecular weight is 347 g/mol. The third kappa shape index (κ3) is 3.28. The molecule has 1 aliphatic rings. The summed E-state index contributed by atoms with van der Waals surface area (Å²) in [6.45, 7) is 2.97. The molecule has 1 saturated heterocycles. The van der Waals surface area contributed by atoms with E-state index in [2.05, 4.69) is 10.4 Å². The van der Waals surface area contributed by atoms with Crippen molar-refractivity contribution < 1.29 is 9.59 Å². The number of benzene rings is 1. The summed E-state index contributed by atoms with van der Waals surface area (Å²) in [5.74, 6) is -0.310. The molecule has 1 atom stereocenters. The van der Waals surface area contributed by atoms with Gasteiger partial charge in [0, 0.05) is 24.3 Å². The summed E-state index contributed by atoms with van der Waals surface area (Å²) in [4.78, 5) is 26.5. The minimum absolute atomic E-state index is 0.0919. The van der Waals surface area contributed by atoms with E-state index in [1.165, 1.54) is 0 Å². The molecule has 1 N–H and O–H groups in total. The first kappa shape index (κ1) is 16.5. The van der Waals surface area contributed by atoms with Gasteiger partial charge >= 0.3 is 0 Å². The van der Waals surface area contributed by atoms with Crippen LogP contribution in [0.4, 0.5) is 0 Å². The number of halogens is 1. The van der Waals surface area contributed by atoms with Crippen molar-refractivity contribution in [2.24, 2.45) is 0 Å². The van der Waals surface area contributed by atoms with Crippen LogP contribution in [0.2, 0.25) is 5.02 Å². The summed E-state index contributed by atoms with van der Waals surface area (Å²) in [5.41, 5.74) is 1.11. The van der Waals surface area contributed by atoms with Crippen molar-refractivity contribution in [3.63, 3.8) is 0 Å². The van der Waals surface area contributed by atoms with Gasteiger partial charge in [-0.2, -0.15) is 5.10 Å². The SMILES string of the molecule is CCC[C@H]1C(=O)NCCN1C(=O)c1ccn(-c2cccc(Cl)c2)n1. The molecule has 1 aliphatic heterocycles. The number of carbonyl (C=O) groups excluding carboxylic acids is 2. The van der Waals surface area contributed by atoms with Gasteiger partial charge < -0.3 is 10.2 Å². The molecule has 2 aromatic rings. The Hall–Kier alpha value is -2.34. The van der Waals surface area contributed by atoms with Crippen LogP contribution in [0.15, 0.2) is 36.5 Å². The standard InChI is InChI=1S/C17H19ClN4O2/c1-2-4-15-16(23)19-8-10-21(15)17(24)14-7-9-22(20-14)13-6-3-5-12(18)11-13/h3,5-7,9,11,15H,2,4,8,10H2,1H3,(H,19,23)/t15-/m0/s1. The molecule has 126 valence electrons. The summed E-state index contributed by atoms with van der Waals surface area (Å²) in [5, 5.41) is 7.77. The highest BCUT2D eigenvalue weighted by molar-refractivity contribution is 6.30. The van der Waals surface area contributed by atoms with E-state index in [4.69, 9.17) is 11.6 Å². The highest BCUT2D eigenvalue weighted by Gasteiger charge is 2.33. The van der Waals surface area contributed by atoms with E-state index in [-0.39, 0.29) is 11.8 Å². The molecule has 3 rings (SSSR count). The number of aromatic nitrogens is 2. The lowest BCUT2D eigenvalue weighted by atomic mass is 10.1. The van der Waals surface area contributed by atoms with Crippen LogP contribution in [0.25, 0.3) is 5.69 Å². The Balaban J connectivity index is 1.83. The van der Waals surface area contributed by atoms with Crippen molar-refractivity contribution in [3.8, 4) is 5.69 Å². The minimum Gasteiger partial charge on any atom is -0.353 e. The first-order valence-corrected chi connectivity index (χ1v) is 8.38. The normalized spacial score (nSPS) is 17.7. The zero-order valence-corrected chi connectivity index (χ0v) is 14.2. The van der Waals surface area contributed by atoms with Gasteiger partial charge in [0.2, 0.25) is 5.91 Å². The number of nitrogens with zero attached hydrogens (tertiary/aromatic N) is 3. The van der Waals surface area contributed by atoms with Gasteiger partial charge in [0.1, 0.15) is 6.04 Å². The Morgan fingerprint density at radius 1 is 1.42 bits per heavy atom. The van der Waals surface area contributed by atoms with Crippen LogP contribution in [-0.2, 0) is 4.79 Å². The average Bonchev–Trinajstić information content (AvgIpc) is 3.06. The lowest BCUT2D eigenvalue weighted by molar-refractivity contribution is -0.128. The zero-order chi connectivity index (χ0) is 17.1. The van der Waals surface area contributed by atoms with Gasteiger partial charge in [-0.1, -0.05) is 31.0 Å². The third-order valence-corrected chi connectivity index (χ3v) is 4.27. The van der Waals surface area contributed by atoms with Crippen LogP contribution in [0.5, 0.6) is 0 Å². The molecule has 2 amide bonds. The minimum atomic E-state index is -0.424. The van der Waals surface area contributed by atoms with Crippen LogP contribution in [0, 0.1) is 0 Å². The summed E-state index contributed by atoms with van der Waals surface area (Å²) < 4.78 is 1.61. The van der Waals surface area contributed by atoms with E-state index in [0.29, 0.717) is 30.2 Å². The van der Waals surface area contributed by atoms with Crippen LogP contribution in [0.3, 0.4) is 0 Å². The van der Waals surface area contributed by atoms with Crippen molar-refractivity contribution in [1.29, 1.82) is 0 Å². The molecule has 6 nitrogen and oxygen atoms in total. The fourth-order valence-electron chi connectivity index (χ4n) is 2.87. The predicted molar refractivity (Wildman–Crippen MR) is 91.3 cm³/mol. The highest BCUT2D eigenvalue weighted by atomic mass is 35.5. The number of carbonyl (C=O) groups is 2. The van der Waals surface area contributed by atoms with E-state index < -0.39 is 6.04 Å². The molecule has 1 aromatic carbocycles. The molecule has 2 heterocycles. The van der Waals surface area contributed by atoms with E-state index in [9.17, 15) is 9.59 Å². The molecule has 0 aliphatic carbocycles. The lowest BCUT2D eigenvalue weighted by Crippen LogP contribution is -2.57. The monoisotopic (exact) mass is 346 g/mol. The van der Waals surface area contributed by atoms with Gasteiger partial charge in [0.15, 0.2) is 5.69 Å². The number of amides is 2. The Labute approximate surface area is 145 Å². The second-order valence-electron chi connectivity index (χ2n) is 5.72. The molecule has 1 aromatic heterocycles. The van der Waals surface area contributed by atoms with Crippen LogP contribution >= 0.6 is 11.6 Å². The second kappa shape index (κ2) is 7.05. The largest absolute Gasteiger partial charge is 0.353 e. The number of hydrogen-bond donors (Lipinski definition) is 1. The maximum absolute atomic E-state index is 12.8. The Bertz CT molecular complexity index is 759. The van der Waals surface area contributed by atoms with E-state index >= 15 is 0 Å². The quantitative estimate of drug-likeness (QED) is 0.923. The van der Waals surface area contributed by atoms with E-state index in [0.717, 1.165) is 12.1 Å². The Kier molecular flexibility index (Phi) is 4.85. The fourth-order valence-corrected chi connectivity index (χ4v) is 3.05. The van der Waals surface area contributed by atoms with E-state index in [1.807, 2.05) is 19.1 Å². The molecule has 1 fully saturated rings.